The molecule has 0 aliphatic heterocycles. The van der Waals surface area contributed by atoms with Gasteiger partial charge in [0.05, 0.1) is 14.2 Å². The third-order valence-corrected chi connectivity index (χ3v) is 4.64. The van der Waals surface area contributed by atoms with Crippen LogP contribution in [0.25, 0.3) is 24.3 Å². The zero-order valence-corrected chi connectivity index (χ0v) is 16.8. The number of nitrogens with zero attached hydrogens (tertiary/aromatic N) is 2. The summed E-state index contributed by atoms with van der Waals surface area (Å²) in [6.45, 7) is 0. The molecule has 0 saturated heterocycles. The van der Waals surface area contributed by atoms with Crippen molar-refractivity contribution in [3.8, 4) is 11.5 Å². The largest absolute Gasteiger partial charge is 0.496 e. The fourth-order valence-corrected chi connectivity index (χ4v) is 2.98. The van der Waals surface area contributed by atoms with E-state index in [0.29, 0.717) is 0 Å². The van der Waals surface area contributed by atoms with Gasteiger partial charge >= 0.3 is 0 Å². The topological polar surface area (TPSA) is 26.2 Å². The van der Waals surface area contributed by atoms with Crippen LogP contribution < -0.4 is 18.6 Å². The van der Waals surface area contributed by atoms with Crippen LogP contribution in [0.5, 0.6) is 11.5 Å². The van der Waals surface area contributed by atoms with Gasteiger partial charge in [0.2, 0.25) is 11.4 Å². The van der Waals surface area contributed by atoms with Gasteiger partial charge in [-0.05, 0) is 36.4 Å². The third-order valence-electron chi connectivity index (χ3n) is 4.64. The van der Waals surface area contributed by atoms with Gasteiger partial charge in [0.15, 0.2) is 12.4 Å². The van der Waals surface area contributed by atoms with Crippen LogP contribution in [0.4, 0.5) is 0 Å². The molecule has 3 aromatic rings. The first-order valence-corrected chi connectivity index (χ1v) is 9.14. The Morgan fingerprint density at radius 2 is 1.07 bits per heavy atom. The smallest absolute Gasteiger partial charge is 0.204 e. The normalized spacial score (nSPS) is 11.3. The molecule has 142 valence electrons. The van der Waals surface area contributed by atoms with Crippen LogP contribution in [0.2, 0.25) is 0 Å². The Kier molecular flexibility index (Phi) is 6.22. The molecule has 28 heavy (non-hydrogen) atoms. The van der Waals surface area contributed by atoms with Crippen LogP contribution in [-0.2, 0) is 14.1 Å². The van der Waals surface area contributed by atoms with Crippen LogP contribution >= 0.6 is 0 Å². The molecule has 0 radical (unpaired) electrons. The lowest BCUT2D eigenvalue weighted by atomic mass is 10.1. The Morgan fingerprint density at radius 1 is 0.643 bits per heavy atom. The van der Waals surface area contributed by atoms with Crippen molar-refractivity contribution in [2.75, 3.05) is 14.2 Å². The van der Waals surface area contributed by atoms with E-state index in [2.05, 4.69) is 33.4 Å². The van der Waals surface area contributed by atoms with Gasteiger partial charge in [-0.15, -0.1) is 0 Å². The van der Waals surface area contributed by atoms with Gasteiger partial charge in [0.25, 0.3) is 0 Å². The molecule has 0 fully saturated rings. The summed E-state index contributed by atoms with van der Waals surface area (Å²) in [5.41, 5.74) is 4.13. The van der Waals surface area contributed by atoms with Gasteiger partial charge in [0.1, 0.15) is 25.6 Å². The lowest BCUT2D eigenvalue weighted by Gasteiger charge is -2.11. The van der Waals surface area contributed by atoms with E-state index < -0.39 is 0 Å². The van der Waals surface area contributed by atoms with Crippen molar-refractivity contribution >= 4 is 24.3 Å². The summed E-state index contributed by atoms with van der Waals surface area (Å²) in [6.07, 6.45) is 12.3. The minimum absolute atomic E-state index is 0.799. The summed E-state index contributed by atoms with van der Waals surface area (Å²) < 4.78 is 15.4. The van der Waals surface area contributed by atoms with E-state index in [-0.39, 0.29) is 0 Å². The van der Waals surface area contributed by atoms with E-state index >= 15 is 0 Å². The van der Waals surface area contributed by atoms with Crippen LogP contribution in [0.15, 0.2) is 60.9 Å². The monoisotopic (exact) mass is 374 g/mol. The molecule has 4 nitrogen and oxygen atoms in total. The van der Waals surface area contributed by atoms with E-state index in [1.54, 1.807) is 14.2 Å². The summed E-state index contributed by atoms with van der Waals surface area (Å²) in [6, 6.07) is 16.2. The maximum absolute atomic E-state index is 5.63. The van der Waals surface area contributed by atoms with E-state index in [4.69, 9.17) is 9.47 Å². The number of hydrogen-bond donors (Lipinski definition) is 0. The number of aryl methyl sites for hydroxylation is 2. The number of methoxy groups -OCH3 is 2. The fourth-order valence-electron chi connectivity index (χ4n) is 2.98. The van der Waals surface area contributed by atoms with Crippen molar-refractivity contribution < 1.29 is 18.6 Å². The molecule has 2 heterocycles. The van der Waals surface area contributed by atoms with Crippen molar-refractivity contribution in [1.29, 1.82) is 0 Å². The van der Waals surface area contributed by atoms with E-state index in [0.717, 1.165) is 34.0 Å². The Labute approximate surface area is 166 Å². The average molecular weight is 374 g/mol. The molecular formula is C24H26N2O2+2. The number of ether oxygens (including phenoxy) is 2. The molecule has 0 aliphatic carbocycles. The lowest BCUT2D eigenvalue weighted by molar-refractivity contribution is -0.673. The minimum Gasteiger partial charge on any atom is -0.496 e. The number of pyridine rings is 2. The maximum atomic E-state index is 5.63. The molecule has 0 bridgehead atoms. The number of hydrogen-bond acceptors (Lipinski definition) is 2. The third kappa shape index (κ3) is 4.46. The highest BCUT2D eigenvalue weighted by Gasteiger charge is 2.10. The van der Waals surface area contributed by atoms with E-state index in [1.807, 2.05) is 75.0 Å². The summed E-state index contributed by atoms with van der Waals surface area (Å²) in [4.78, 5) is 0. The summed E-state index contributed by atoms with van der Waals surface area (Å²) in [7, 11) is 7.42. The van der Waals surface area contributed by atoms with Crippen molar-refractivity contribution in [2.45, 2.75) is 0 Å². The summed E-state index contributed by atoms with van der Waals surface area (Å²) in [5, 5.41) is 0. The van der Waals surface area contributed by atoms with Crippen LogP contribution in [0.1, 0.15) is 22.5 Å². The molecule has 4 heteroatoms. The molecule has 0 atom stereocenters. The lowest BCUT2D eigenvalue weighted by Crippen LogP contribution is -2.30. The number of benzene rings is 1. The first-order chi connectivity index (χ1) is 13.6. The Hall–Kier alpha value is -3.40. The molecule has 0 saturated carbocycles. The van der Waals surface area contributed by atoms with Crippen molar-refractivity contribution in [3.05, 3.63) is 83.4 Å². The van der Waals surface area contributed by atoms with Crippen molar-refractivity contribution in [3.63, 3.8) is 0 Å². The molecule has 1 aromatic carbocycles. The molecule has 0 spiro atoms. The van der Waals surface area contributed by atoms with Gasteiger partial charge < -0.3 is 9.47 Å². The van der Waals surface area contributed by atoms with E-state index in [9.17, 15) is 0 Å². The second-order valence-corrected chi connectivity index (χ2v) is 6.48. The highest BCUT2D eigenvalue weighted by molar-refractivity contribution is 5.77. The van der Waals surface area contributed by atoms with E-state index in [1.165, 1.54) is 0 Å². The second kappa shape index (κ2) is 9.00. The minimum atomic E-state index is 0.799. The maximum Gasteiger partial charge on any atom is 0.204 e. The van der Waals surface area contributed by atoms with Crippen molar-refractivity contribution in [2.24, 2.45) is 14.1 Å². The van der Waals surface area contributed by atoms with Gasteiger partial charge in [-0.1, -0.05) is 0 Å². The first-order valence-electron chi connectivity index (χ1n) is 9.14. The Balaban J connectivity index is 1.96. The van der Waals surface area contributed by atoms with Gasteiger partial charge in [0, 0.05) is 47.5 Å². The number of rotatable bonds is 6. The summed E-state index contributed by atoms with van der Waals surface area (Å²) >= 11 is 0. The van der Waals surface area contributed by atoms with Crippen LogP contribution in [0, 0.1) is 0 Å². The average Bonchev–Trinajstić information content (AvgIpc) is 2.72. The quantitative estimate of drug-likeness (QED) is 0.615. The fraction of sp³-hybridized carbons (Fsp3) is 0.167. The predicted molar refractivity (Wildman–Crippen MR) is 113 cm³/mol. The molecule has 0 aliphatic rings. The van der Waals surface area contributed by atoms with Gasteiger partial charge in [-0.3, -0.25) is 0 Å². The predicted octanol–water partition coefficient (Wildman–Crippen LogP) is 3.69. The second-order valence-electron chi connectivity index (χ2n) is 6.48. The van der Waals surface area contributed by atoms with Crippen LogP contribution in [0.3, 0.4) is 0 Å². The highest BCUT2D eigenvalue weighted by atomic mass is 16.5. The summed E-state index contributed by atoms with van der Waals surface area (Å²) in [5.74, 6) is 1.60. The molecule has 2 aromatic heterocycles. The molecule has 0 N–H and O–H groups in total. The number of aromatic nitrogens is 2. The highest BCUT2D eigenvalue weighted by Crippen LogP contribution is 2.31. The first kappa shape index (κ1) is 19.4. The Bertz CT molecular complexity index is 940. The van der Waals surface area contributed by atoms with Crippen LogP contribution in [-0.4, -0.2) is 14.2 Å². The van der Waals surface area contributed by atoms with Crippen molar-refractivity contribution in [1.82, 2.24) is 0 Å². The SMILES string of the molecule is COc1cc(/C=C/c2cccc[n+]2C)c(OC)cc1/C=C/c1cccc[n+]1C. The zero-order valence-electron chi connectivity index (χ0n) is 16.8. The molecule has 0 unspecified atom stereocenters. The Morgan fingerprint density at radius 3 is 1.43 bits per heavy atom. The molecule has 0 amide bonds. The standard InChI is InChI=1S/C24H26N2O2/c1-25-15-7-5-9-21(25)13-11-19-17-24(28-4)20(18-23(19)27-3)12-14-22-10-6-8-16-26(22)2/h5-18H,1-4H3/q+2/b13-11+,14-12+. The van der Waals surface area contributed by atoms with Gasteiger partial charge in [-0.25, -0.2) is 9.13 Å². The zero-order chi connectivity index (χ0) is 19.9. The molecular weight excluding hydrogens is 348 g/mol. The van der Waals surface area contributed by atoms with Gasteiger partial charge in [-0.2, -0.15) is 0 Å². The molecule has 3 rings (SSSR count).